The van der Waals surface area contributed by atoms with E-state index in [1.165, 1.54) is 5.56 Å². The molecule has 0 aliphatic heterocycles. The largest absolute Gasteiger partial charge is 0.322 e. The van der Waals surface area contributed by atoms with E-state index >= 15 is 0 Å². The van der Waals surface area contributed by atoms with Crippen LogP contribution in [0.3, 0.4) is 0 Å². The molecule has 0 radical (unpaired) electrons. The van der Waals surface area contributed by atoms with E-state index in [1.807, 2.05) is 92.3 Å². The van der Waals surface area contributed by atoms with Crippen LogP contribution in [0.25, 0.3) is 28.0 Å². The van der Waals surface area contributed by atoms with Crippen LogP contribution in [0.4, 0.5) is 5.69 Å². The lowest BCUT2D eigenvalue weighted by Crippen LogP contribution is -2.13. The Labute approximate surface area is 191 Å². The molecule has 0 unspecified atom stereocenters. The van der Waals surface area contributed by atoms with Crippen molar-refractivity contribution in [3.8, 4) is 16.9 Å². The molecule has 0 bridgehead atoms. The lowest BCUT2D eigenvalue weighted by atomic mass is 10.0. The highest BCUT2D eigenvalue weighted by atomic mass is 16.1. The molecule has 3 aromatic heterocycles. The van der Waals surface area contributed by atoms with E-state index in [0.717, 1.165) is 28.0 Å². The molecule has 1 N–H and O–H groups in total. The van der Waals surface area contributed by atoms with E-state index in [1.54, 1.807) is 10.9 Å². The first-order valence-corrected chi connectivity index (χ1v) is 10.9. The molecular formula is C26H24N6O. The Morgan fingerprint density at radius 1 is 1.03 bits per heavy atom. The maximum Gasteiger partial charge on any atom is 0.256 e. The smallest absolute Gasteiger partial charge is 0.256 e. The van der Waals surface area contributed by atoms with Gasteiger partial charge in [-0.3, -0.25) is 4.79 Å². The molecule has 164 valence electrons. The molecule has 1 amide bonds. The van der Waals surface area contributed by atoms with Gasteiger partial charge in [-0.1, -0.05) is 29.8 Å². The number of carbonyl (C=O) groups is 1. The maximum atomic E-state index is 13.4. The maximum absolute atomic E-state index is 13.4. The van der Waals surface area contributed by atoms with Crippen LogP contribution >= 0.6 is 0 Å². The molecule has 3 heterocycles. The van der Waals surface area contributed by atoms with Crippen molar-refractivity contribution in [1.29, 1.82) is 0 Å². The lowest BCUT2D eigenvalue weighted by Gasteiger charge is -2.11. The second-order valence-electron chi connectivity index (χ2n) is 7.97. The molecule has 5 aromatic rings. The van der Waals surface area contributed by atoms with Crippen LogP contribution < -0.4 is 5.32 Å². The van der Waals surface area contributed by atoms with E-state index in [0.29, 0.717) is 23.4 Å². The first-order valence-electron chi connectivity index (χ1n) is 10.9. The van der Waals surface area contributed by atoms with Crippen molar-refractivity contribution >= 4 is 22.6 Å². The Balaban J connectivity index is 1.55. The molecule has 0 aliphatic rings. The highest BCUT2D eigenvalue weighted by Crippen LogP contribution is 2.28. The summed E-state index contributed by atoms with van der Waals surface area (Å²) >= 11 is 0. The highest BCUT2D eigenvalue weighted by Gasteiger charge is 2.20. The molecule has 2 aromatic carbocycles. The average Bonchev–Trinajstić information content (AvgIpc) is 3.48. The van der Waals surface area contributed by atoms with E-state index in [4.69, 9.17) is 4.98 Å². The van der Waals surface area contributed by atoms with E-state index in [2.05, 4.69) is 15.5 Å². The summed E-state index contributed by atoms with van der Waals surface area (Å²) in [4.78, 5) is 18.3. The van der Waals surface area contributed by atoms with Crippen LogP contribution in [-0.2, 0) is 6.54 Å². The summed E-state index contributed by atoms with van der Waals surface area (Å²) in [5, 5.41) is 12.7. The third kappa shape index (κ3) is 3.89. The predicted octanol–water partition coefficient (Wildman–Crippen LogP) is 5.17. The number of carbonyl (C=O) groups excluding carboxylic acids is 1. The third-order valence-corrected chi connectivity index (χ3v) is 5.66. The Hall–Kier alpha value is -4.26. The van der Waals surface area contributed by atoms with Gasteiger partial charge in [-0.05, 0) is 57.2 Å². The van der Waals surface area contributed by atoms with Crippen LogP contribution in [0, 0.1) is 13.8 Å². The van der Waals surface area contributed by atoms with Crippen LogP contribution in [0.5, 0.6) is 0 Å². The van der Waals surface area contributed by atoms with Crippen molar-refractivity contribution in [2.45, 2.75) is 27.3 Å². The number of hydrogen-bond acceptors (Lipinski definition) is 4. The molecule has 0 saturated heterocycles. The van der Waals surface area contributed by atoms with Crippen molar-refractivity contribution in [3.63, 3.8) is 0 Å². The zero-order valence-electron chi connectivity index (χ0n) is 18.8. The van der Waals surface area contributed by atoms with Gasteiger partial charge in [-0.25, -0.2) is 14.3 Å². The molecular weight excluding hydrogens is 412 g/mol. The number of hydrogen-bond donors (Lipinski definition) is 1. The zero-order chi connectivity index (χ0) is 22.9. The molecule has 0 atom stereocenters. The van der Waals surface area contributed by atoms with Crippen LogP contribution in [0.2, 0.25) is 0 Å². The average molecular weight is 437 g/mol. The third-order valence-electron chi connectivity index (χ3n) is 5.66. The fourth-order valence-electron chi connectivity index (χ4n) is 3.94. The SMILES string of the molecule is CCn1nc(C)c2c(C(=O)Nc3ccc(-n4cccn4)cc3)cc(-c3ccc(C)cc3)nc21. The van der Waals surface area contributed by atoms with Gasteiger partial charge in [0.15, 0.2) is 5.65 Å². The Morgan fingerprint density at radius 2 is 1.79 bits per heavy atom. The Kier molecular flexibility index (Phi) is 5.22. The summed E-state index contributed by atoms with van der Waals surface area (Å²) in [5.41, 5.74) is 6.57. The molecule has 0 spiro atoms. The first-order chi connectivity index (χ1) is 16.0. The minimum atomic E-state index is -0.193. The lowest BCUT2D eigenvalue weighted by molar-refractivity contribution is 0.102. The number of aryl methyl sites for hydroxylation is 3. The number of amides is 1. The minimum Gasteiger partial charge on any atom is -0.322 e. The molecule has 0 saturated carbocycles. The number of rotatable bonds is 5. The highest BCUT2D eigenvalue weighted by molar-refractivity contribution is 6.13. The Bertz CT molecular complexity index is 1430. The van der Waals surface area contributed by atoms with Gasteiger partial charge >= 0.3 is 0 Å². The van der Waals surface area contributed by atoms with Crippen LogP contribution in [0.15, 0.2) is 73.1 Å². The van der Waals surface area contributed by atoms with Crippen LogP contribution in [0.1, 0.15) is 28.5 Å². The van der Waals surface area contributed by atoms with Crippen molar-refractivity contribution in [1.82, 2.24) is 24.5 Å². The summed E-state index contributed by atoms with van der Waals surface area (Å²) in [6, 6.07) is 19.5. The quantitative estimate of drug-likeness (QED) is 0.412. The zero-order valence-corrected chi connectivity index (χ0v) is 18.8. The topological polar surface area (TPSA) is 77.6 Å². The second-order valence-corrected chi connectivity index (χ2v) is 7.97. The van der Waals surface area contributed by atoms with E-state index < -0.39 is 0 Å². The van der Waals surface area contributed by atoms with Gasteiger partial charge in [-0.2, -0.15) is 10.2 Å². The number of benzene rings is 2. The first kappa shape index (κ1) is 20.6. The Morgan fingerprint density at radius 3 is 2.45 bits per heavy atom. The van der Waals surface area contributed by atoms with Crippen molar-refractivity contribution in [2.75, 3.05) is 5.32 Å². The summed E-state index contributed by atoms with van der Waals surface area (Å²) in [6.45, 7) is 6.65. The van der Waals surface area contributed by atoms with Gasteiger partial charge in [-0.15, -0.1) is 0 Å². The number of fused-ring (bicyclic) bond motifs is 1. The summed E-state index contributed by atoms with van der Waals surface area (Å²) in [6.07, 6.45) is 3.61. The molecule has 0 fully saturated rings. The number of nitrogens with zero attached hydrogens (tertiary/aromatic N) is 5. The van der Waals surface area contributed by atoms with Gasteiger partial charge in [0, 0.05) is 30.2 Å². The van der Waals surface area contributed by atoms with Crippen molar-refractivity contribution in [3.05, 3.63) is 89.9 Å². The monoisotopic (exact) mass is 436 g/mol. The number of aromatic nitrogens is 5. The second kappa shape index (κ2) is 8.35. The molecule has 7 nitrogen and oxygen atoms in total. The van der Waals surface area contributed by atoms with E-state index in [9.17, 15) is 4.79 Å². The van der Waals surface area contributed by atoms with Gasteiger partial charge in [0.2, 0.25) is 0 Å². The fraction of sp³-hybridized carbons (Fsp3) is 0.154. The normalized spacial score (nSPS) is 11.1. The molecule has 5 rings (SSSR count). The number of anilines is 1. The van der Waals surface area contributed by atoms with Gasteiger partial charge < -0.3 is 5.32 Å². The minimum absolute atomic E-state index is 0.193. The summed E-state index contributed by atoms with van der Waals surface area (Å²) < 4.78 is 3.62. The van der Waals surface area contributed by atoms with Gasteiger partial charge in [0.05, 0.1) is 28.0 Å². The van der Waals surface area contributed by atoms with Gasteiger partial charge in [0.1, 0.15) is 0 Å². The van der Waals surface area contributed by atoms with E-state index in [-0.39, 0.29) is 5.91 Å². The fourth-order valence-corrected chi connectivity index (χ4v) is 3.94. The molecule has 7 heteroatoms. The standard InChI is InChI=1S/C26H24N6O/c1-4-31-25-24(18(3)30-31)22(16-23(29-25)19-8-6-17(2)7-9-19)26(33)28-20-10-12-21(13-11-20)32-15-5-14-27-32/h5-16H,4H2,1-3H3,(H,28,33). The molecule has 0 aliphatic carbocycles. The summed E-state index contributed by atoms with van der Waals surface area (Å²) in [7, 11) is 0. The number of nitrogens with one attached hydrogen (secondary N) is 1. The van der Waals surface area contributed by atoms with Crippen molar-refractivity contribution in [2.24, 2.45) is 0 Å². The molecule has 33 heavy (non-hydrogen) atoms. The van der Waals surface area contributed by atoms with Crippen molar-refractivity contribution < 1.29 is 4.79 Å². The van der Waals surface area contributed by atoms with Gasteiger partial charge in [0.25, 0.3) is 5.91 Å². The predicted molar refractivity (Wildman–Crippen MR) is 130 cm³/mol. The van der Waals surface area contributed by atoms with Crippen LogP contribution in [-0.4, -0.2) is 30.5 Å². The number of pyridine rings is 1. The summed E-state index contributed by atoms with van der Waals surface area (Å²) in [5.74, 6) is -0.193.